The van der Waals surface area contributed by atoms with Crippen LogP contribution in [0.3, 0.4) is 0 Å². The lowest BCUT2D eigenvalue weighted by Crippen LogP contribution is -2.31. The molecule has 0 unspecified atom stereocenters. The first-order valence-corrected chi connectivity index (χ1v) is 8.12. The molecule has 2 aromatic rings. The molecule has 3 rings (SSSR count). The highest BCUT2D eigenvalue weighted by Crippen LogP contribution is 2.23. The van der Waals surface area contributed by atoms with Crippen molar-refractivity contribution in [3.63, 3.8) is 0 Å². The lowest BCUT2D eigenvalue weighted by atomic mass is 10.1. The van der Waals surface area contributed by atoms with Crippen molar-refractivity contribution in [3.05, 3.63) is 59.4 Å². The summed E-state index contributed by atoms with van der Waals surface area (Å²) in [7, 11) is 0. The number of hydrogen-bond donors (Lipinski definition) is 2. The summed E-state index contributed by atoms with van der Waals surface area (Å²) in [6.45, 7) is 2.49. The topological polar surface area (TPSA) is 70.7 Å². The highest BCUT2D eigenvalue weighted by molar-refractivity contribution is 5.90. The molecule has 1 aliphatic rings. The fourth-order valence-electron chi connectivity index (χ4n) is 2.63. The largest absolute Gasteiger partial charge is 0.447 e. The third-order valence-corrected chi connectivity index (χ3v) is 4.10. The molecule has 0 aliphatic carbocycles. The SMILES string of the molecule is C[C@@H](NC(=O)Nc1ccc(F)c(F)c1F)c1ccc(N2CCOC2=O)cc1. The van der Waals surface area contributed by atoms with Gasteiger partial charge in [-0.15, -0.1) is 0 Å². The first kappa shape index (κ1) is 18.6. The minimum atomic E-state index is -1.66. The molecule has 1 fully saturated rings. The van der Waals surface area contributed by atoms with E-state index in [9.17, 15) is 22.8 Å². The van der Waals surface area contributed by atoms with E-state index >= 15 is 0 Å². The molecule has 2 aromatic carbocycles. The van der Waals surface area contributed by atoms with Crippen LogP contribution in [0.5, 0.6) is 0 Å². The molecule has 0 radical (unpaired) electrons. The summed E-state index contributed by atoms with van der Waals surface area (Å²) in [5, 5.41) is 4.71. The molecule has 142 valence electrons. The Labute approximate surface area is 152 Å². The Morgan fingerprint density at radius 2 is 1.81 bits per heavy atom. The minimum Gasteiger partial charge on any atom is -0.447 e. The number of nitrogens with zero attached hydrogens (tertiary/aromatic N) is 1. The number of cyclic esters (lactones) is 1. The fourth-order valence-corrected chi connectivity index (χ4v) is 2.63. The molecule has 27 heavy (non-hydrogen) atoms. The number of halogens is 3. The number of benzene rings is 2. The quantitative estimate of drug-likeness (QED) is 0.791. The van der Waals surface area contributed by atoms with Crippen molar-refractivity contribution < 1.29 is 27.5 Å². The van der Waals surface area contributed by atoms with Crippen LogP contribution in [0.4, 0.5) is 34.1 Å². The average Bonchev–Trinajstić information content (AvgIpc) is 3.08. The van der Waals surface area contributed by atoms with Crippen molar-refractivity contribution in [1.82, 2.24) is 5.32 Å². The molecule has 1 aliphatic heterocycles. The number of ether oxygens (including phenoxy) is 1. The molecule has 1 saturated heterocycles. The highest BCUT2D eigenvalue weighted by Gasteiger charge is 2.23. The van der Waals surface area contributed by atoms with Gasteiger partial charge in [0, 0.05) is 5.69 Å². The lowest BCUT2D eigenvalue weighted by molar-refractivity contribution is 0.181. The van der Waals surface area contributed by atoms with E-state index in [1.807, 2.05) is 0 Å². The van der Waals surface area contributed by atoms with Crippen molar-refractivity contribution in [2.24, 2.45) is 0 Å². The van der Waals surface area contributed by atoms with Crippen LogP contribution in [-0.4, -0.2) is 25.3 Å². The Kier molecular flexibility index (Phi) is 5.20. The van der Waals surface area contributed by atoms with Crippen molar-refractivity contribution in [1.29, 1.82) is 0 Å². The number of carbonyl (C=O) groups is 2. The Morgan fingerprint density at radius 1 is 1.11 bits per heavy atom. The van der Waals surface area contributed by atoms with Crippen molar-refractivity contribution >= 4 is 23.5 Å². The molecular weight excluding hydrogens is 363 g/mol. The van der Waals surface area contributed by atoms with E-state index in [4.69, 9.17) is 4.74 Å². The first-order chi connectivity index (χ1) is 12.9. The zero-order chi connectivity index (χ0) is 19.6. The van der Waals surface area contributed by atoms with Gasteiger partial charge in [-0.25, -0.2) is 22.8 Å². The van der Waals surface area contributed by atoms with E-state index in [1.165, 1.54) is 4.90 Å². The standard InChI is InChI=1S/C18H16F3N3O3/c1-10(11-2-4-12(5-3-11)24-8-9-27-18(24)26)22-17(25)23-14-7-6-13(19)15(20)16(14)21/h2-7,10H,8-9H2,1H3,(H2,22,23,25)/t10-/m1/s1. The van der Waals surface area contributed by atoms with Gasteiger partial charge in [-0.1, -0.05) is 12.1 Å². The van der Waals surface area contributed by atoms with E-state index in [-0.39, 0.29) is 0 Å². The van der Waals surface area contributed by atoms with Crippen LogP contribution in [0, 0.1) is 17.5 Å². The van der Waals surface area contributed by atoms with Gasteiger partial charge in [0.1, 0.15) is 6.61 Å². The molecule has 2 N–H and O–H groups in total. The summed E-state index contributed by atoms with van der Waals surface area (Å²) in [5.41, 5.74) is 0.926. The van der Waals surface area contributed by atoms with Gasteiger partial charge in [-0.05, 0) is 36.8 Å². The van der Waals surface area contributed by atoms with Gasteiger partial charge >= 0.3 is 12.1 Å². The van der Waals surface area contributed by atoms with Crippen LogP contribution in [0.15, 0.2) is 36.4 Å². The molecule has 0 saturated carbocycles. The smallest absolute Gasteiger partial charge is 0.414 e. The third kappa shape index (κ3) is 3.97. The number of nitrogens with one attached hydrogen (secondary N) is 2. The van der Waals surface area contributed by atoms with Gasteiger partial charge in [-0.2, -0.15) is 0 Å². The molecular formula is C18H16F3N3O3. The molecule has 0 bridgehead atoms. The highest BCUT2D eigenvalue weighted by atomic mass is 19.2. The maximum Gasteiger partial charge on any atom is 0.414 e. The second kappa shape index (κ2) is 7.56. The Hall–Kier alpha value is -3.23. The number of anilines is 2. The summed E-state index contributed by atoms with van der Waals surface area (Å²) in [6, 6.07) is 7.30. The average molecular weight is 379 g/mol. The van der Waals surface area contributed by atoms with Gasteiger partial charge in [-0.3, -0.25) is 4.90 Å². The van der Waals surface area contributed by atoms with Crippen LogP contribution >= 0.6 is 0 Å². The summed E-state index contributed by atoms with van der Waals surface area (Å²) in [5.74, 6) is -4.47. The number of hydrogen-bond acceptors (Lipinski definition) is 3. The van der Waals surface area contributed by atoms with Crippen LogP contribution < -0.4 is 15.5 Å². The van der Waals surface area contributed by atoms with Crippen molar-refractivity contribution in [2.75, 3.05) is 23.4 Å². The van der Waals surface area contributed by atoms with Crippen LogP contribution in [0.2, 0.25) is 0 Å². The molecule has 0 aromatic heterocycles. The van der Waals surface area contributed by atoms with Crippen LogP contribution in [0.1, 0.15) is 18.5 Å². The molecule has 6 nitrogen and oxygen atoms in total. The normalized spacial score (nSPS) is 14.7. The fraction of sp³-hybridized carbons (Fsp3) is 0.222. The number of urea groups is 1. The van der Waals surface area contributed by atoms with Gasteiger partial charge < -0.3 is 15.4 Å². The molecule has 1 atom stereocenters. The summed E-state index contributed by atoms with van der Waals surface area (Å²) in [6.07, 6.45) is -0.415. The van der Waals surface area contributed by atoms with Crippen LogP contribution in [-0.2, 0) is 4.74 Å². The van der Waals surface area contributed by atoms with Crippen molar-refractivity contribution in [3.8, 4) is 0 Å². The van der Waals surface area contributed by atoms with Gasteiger partial charge in [0.05, 0.1) is 18.3 Å². The minimum absolute atomic E-state index is 0.333. The Balaban J connectivity index is 1.63. The monoisotopic (exact) mass is 379 g/mol. The van der Waals surface area contributed by atoms with E-state index in [1.54, 1.807) is 31.2 Å². The molecule has 3 amide bonds. The Bertz CT molecular complexity index is 874. The second-order valence-electron chi connectivity index (χ2n) is 5.90. The lowest BCUT2D eigenvalue weighted by Gasteiger charge is -2.17. The molecule has 1 heterocycles. The maximum atomic E-state index is 13.6. The predicted octanol–water partition coefficient (Wildman–Crippen LogP) is 3.94. The number of amides is 3. The second-order valence-corrected chi connectivity index (χ2v) is 5.90. The molecule has 9 heteroatoms. The van der Waals surface area contributed by atoms with Crippen molar-refractivity contribution in [2.45, 2.75) is 13.0 Å². The predicted molar refractivity (Wildman–Crippen MR) is 92.0 cm³/mol. The van der Waals surface area contributed by atoms with E-state index in [0.29, 0.717) is 18.8 Å². The molecule has 0 spiro atoms. The van der Waals surface area contributed by atoms with Crippen LogP contribution in [0.25, 0.3) is 0 Å². The summed E-state index contributed by atoms with van der Waals surface area (Å²) >= 11 is 0. The van der Waals surface area contributed by atoms with Gasteiger partial charge in [0.2, 0.25) is 0 Å². The first-order valence-electron chi connectivity index (χ1n) is 8.12. The van der Waals surface area contributed by atoms with Gasteiger partial charge in [0.25, 0.3) is 0 Å². The van der Waals surface area contributed by atoms with E-state index in [2.05, 4.69) is 10.6 Å². The van der Waals surface area contributed by atoms with E-state index in [0.717, 1.165) is 17.7 Å². The van der Waals surface area contributed by atoms with E-state index < -0.39 is 41.3 Å². The zero-order valence-electron chi connectivity index (χ0n) is 14.3. The third-order valence-electron chi connectivity index (χ3n) is 4.10. The number of rotatable bonds is 4. The van der Waals surface area contributed by atoms with Gasteiger partial charge in [0.15, 0.2) is 17.5 Å². The zero-order valence-corrected chi connectivity index (χ0v) is 14.3. The summed E-state index contributed by atoms with van der Waals surface area (Å²) < 4.78 is 44.6. The Morgan fingerprint density at radius 3 is 2.44 bits per heavy atom. The maximum absolute atomic E-state index is 13.6. The summed E-state index contributed by atoms with van der Waals surface area (Å²) in [4.78, 5) is 25.0. The number of carbonyl (C=O) groups excluding carboxylic acids is 2.